The van der Waals surface area contributed by atoms with Crippen molar-refractivity contribution in [3.05, 3.63) is 35.4 Å². The molecule has 132 valence electrons. The summed E-state index contributed by atoms with van der Waals surface area (Å²) in [7, 11) is 0. The third-order valence-electron chi connectivity index (χ3n) is 4.70. The van der Waals surface area contributed by atoms with Crippen molar-refractivity contribution >= 4 is 11.9 Å². The summed E-state index contributed by atoms with van der Waals surface area (Å²) in [6.45, 7) is 3.77. The first-order valence-electron chi connectivity index (χ1n) is 8.23. The second kappa shape index (κ2) is 7.28. The predicted molar refractivity (Wildman–Crippen MR) is 85.5 cm³/mol. The fourth-order valence-corrected chi connectivity index (χ4v) is 3.30. The van der Waals surface area contributed by atoms with Crippen LogP contribution in [-0.2, 0) is 15.0 Å². The number of hydrogen-bond donors (Lipinski definition) is 2. The molecule has 6 heteroatoms. The van der Waals surface area contributed by atoms with Crippen molar-refractivity contribution in [2.75, 3.05) is 6.54 Å². The van der Waals surface area contributed by atoms with Gasteiger partial charge < -0.3 is 10.4 Å². The molecule has 0 aliphatic heterocycles. The van der Waals surface area contributed by atoms with Crippen LogP contribution in [-0.4, -0.2) is 23.5 Å². The molecule has 0 bridgehead atoms. The SMILES string of the molecule is CC(C)CC(CNC(=O)C1(c2c(F)cccc2F)CCC1)C(=O)O. The van der Waals surface area contributed by atoms with Crippen LogP contribution in [0.15, 0.2) is 18.2 Å². The minimum Gasteiger partial charge on any atom is -0.481 e. The molecular formula is C18H23F2NO3. The molecule has 0 heterocycles. The van der Waals surface area contributed by atoms with E-state index in [1.807, 2.05) is 13.8 Å². The van der Waals surface area contributed by atoms with Gasteiger partial charge in [0.15, 0.2) is 0 Å². The normalized spacial score (nSPS) is 17.2. The van der Waals surface area contributed by atoms with Gasteiger partial charge in [0.2, 0.25) is 5.91 Å². The van der Waals surface area contributed by atoms with Crippen LogP contribution in [0.3, 0.4) is 0 Å². The molecule has 4 nitrogen and oxygen atoms in total. The Morgan fingerprint density at radius 1 is 1.25 bits per heavy atom. The van der Waals surface area contributed by atoms with Gasteiger partial charge in [-0.05, 0) is 37.3 Å². The molecule has 1 saturated carbocycles. The first kappa shape index (κ1) is 18.4. The van der Waals surface area contributed by atoms with E-state index < -0.39 is 34.8 Å². The van der Waals surface area contributed by atoms with Gasteiger partial charge in [-0.25, -0.2) is 8.78 Å². The van der Waals surface area contributed by atoms with E-state index in [9.17, 15) is 23.5 Å². The lowest BCUT2D eigenvalue weighted by atomic mass is 9.63. The van der Waals surface area contributed by atoms with Crippen molar-refractivity contribution in [3.8, 4) is 0 Å². The summed E-state index contributed by atoms with van der Waals surface area (Å²) in [5.74, 6) is -3.48. The van der Waals surface area contributed by atoms with E-state index in [0.717, 1.165) is 12.1 Å². The number of amides is 1. The zero-order valence-corrected chi connectivity index (χ0v) is 13.9. The smallest absolute Gasteiger partial charge is 0.308 e. The molecule has 0 saturated heterocycles. The molecule has 1 aliphatic carbocycles. The third-order valence-corrected chi connectivity index (χ3v) is 4.70. The van der Waals surface area contributed by atoms with E-state index >= 15 is 0 Å². The maximum absolute atomic E-state index is 14.1. The van der Waals surface area contributed by atoms with Crippen molar-refractivity contribution in [1.29, 1.82) is 0 Å². The van der Waals surface area contributed by atoms with Crippen molar-refractivity contribution < 1.29 is 23.5 Å². The van der Waals surface area contributed by atoms with Gasteiger partial charge in [-0.1, -0.05) is 26.3 Å². The van der Waals surface area contributed by atoms with E-state index in [0.29, 0.717) is 25.7 Å². The Balaban J connectivity index is 2.16. The largest absolute Gasteiger partial charge is 0.481 e. The van der Waals surface area contributed by atoms with Gasteiger partial charge in [0, 0.05) is 12.1 Å². The Hall–Kier alpha value is -1.98. The Morgan fingerprint density at radius 2 is 1.83 bits per heavy atom. The van der Waals surface area contributed by atoms with Crippen LogP contribution in [0.2, 0.25) is 0 Å². The van der Waals surface area contributed by atoms with Crippen LogP contribution >= 0.6 is 0 Å². The van der Waals surface area contributed by atoms with Gasteiger partial charge >= 0.3 is 5.97 Å². The number of halogens is 2. The molecule has 1 amide bonds. The second-order valence-electron chi connectivity index (χ2n) is 6.91. The maximum Gasteiger partial charge on any atom is 0.308 e. The van der Waals surface area contributed by atoms with E-state index in [-0.39, 0.29) is 18.0 Å². The Kier molecular flexibility index (Phi) is 5.57. The van der Waals surface area contributed by atoms with Crippen LogP contribution < -0.4 is 5.32 Å². The van der Waals surface area contributed by atoms with Crippen LogP contribution in [0.4, 0.5) is 8.78 Å². The third kappa shape index (κ3) is 3.57. The Labute approximate surface area is 140 Å². The van der Waals surface area contributed by atoms with Crippen LogP contribution in [0, 0.1) is 23.5 Å². The summed E-state index contributed by atoms with van der Waals surface area (Å²) >= 11 is 0. The lowest BCUT2D eigenvalue weighted by Crippen LogP contribution is -2.51. The van der Waals surface area contributed by atoms with Crippen molar-refractivity contribution in [2.45, 2.75) is 44.9 Å². The number of rotatable bonds is 7. The van der Waals surface area contributed by atoms with E-state index in [4.69, 9.17) is 0 Å². The van der Waals surface area contributed by atoms with Crippen LogP contribution in [0.1, 0.15) is 45.1 Å². The highest BCUT2D eigenvalue weighted by Gasteiger charge is 2.49. The minimum atomic E-state index is -1.23. The molecule has 2 N–H and O–H groups in total. The maximum atomic E-state index is 14.1. The highest BCUT2D eigenvalue weighted by atomic mass is 19.1. The molecular weight excluding hydrogens is 316 g/mol. The number of aliphatic carboxylic acids is 1. The van der Waals surface area contributed by atoms with Crippen molar-refractivity contribution in [2.24, 2.45) is 11.8 Å². The number of hydrogen-bond acceptors (Lipinski definition) is 2. The number of carbonyl (C=O) groups is 2. The summed E-state index contributed by atoms with van der Waals surface area (Å²) in [4.78, 5) is 23.9. The summed E-state index contributed by atoms with van der Waals surface area (Å²) in [6.07, 6.45) is 1.85. The van der Waals surface area contributed by atoms with Gasteiger partial charge in [-0.15, -0.1) is 0 Å². The highest BCUT2D eigenvalue weighted by Crippen LogP contribution is 2.46. The molecule has 1 fully saturated rings. The lowest BCUT2D eigenvalue weighted by Gasteiger charge is -2.41. The molecule has 1 aromatic rings. The first-order chi connectivity index (χ1) is 11.3. The number of carbonyl (C=O) groups excluding carboxylic acids is 1. The molecule has 1 atom stereocenters. The molecule has 2 rings (SSSR count). The molecule has 24 heavy (non-hydrogen) atoms. The minimum absolute atomic E-state index is 0.0375. The molecule has 0 radical (unpaired) electrons. The van der Waals surface area contributed by atoms with Crippen LogP contribution in [0.5, 0.6) is 0 Å². The van der Waals surface area contributed by atoms with Gasteiger partial charge in [0.25, 0.3) is 0 Å². The van der Waals surface area contributed by atoms with E-state index in [2.05, 4.69) is 5.32 Å². The monoisotopic (exact) mass is 339 g/mol. The van der Waals surface area contributed by atoms with Crippen LogP contribution in [0.25, 0.3) is 0 Å². The molecule has 1 aliphatic rings. The lowest BCUT2D eigenvalue weighted by molar-refractivity contribution is -0.142. The summed E-state index contributed by atoms with van der Waals surface area (Å²) < 4.78 is 28.2. The molecule has 1 unspecified atom stereocenters. The fraction of sp³-hybridized carbons (Fsp3) is 0.556. The van der Waals surface area contributed by atoms with Gasteiger partial charge in [-0.3, -0.25) is 9.59 Å². The standard InChI is InChI=1S/C18H23F2NO3/c1-11(2)9-12(16(22)23)10-21-17(24)18(7-4-8-18)15-13(19)5-3-6-14(15)20/h3,5-6,11-12H,4,7-10H2,1-2H3,(H,21,24)(H,22,23). The topological polar surface area (TPSA) is 66.4 Å². The summed E-state index contributed by atoms with van der Waals surface area (Å²) in [5, 5.41) is 11.9. The molecule has 0 spiro atoms. The van der Waals surface area contributed by atoms with E-state index in [1.165, 1.54) is 6.07 Å². The Bertz CT molecular complexity index is 606. The zero-order chi connectivity index (χ0) is 17.9. The van der Waals surface area contributed by atoms with Gasteiger partial charge in [-0.2, -0.15) is 0 Å². The van der Waals surface area contributed by atoms with E-state index in [1.54, 1.807) is 0 Å². The highest BCUT2D eigenvalue weighted by molar-refractivity contribution is 5.89. The number of carboxylic acids is 1. The molecule has 0 aromatic heterocycles. The zero-order valence-electron chi connectivity index (χ0n) is 13.9. The van der Waals surface area contributed by atoms with Gasteiger partial charge in [0.05, 0.1) is 11.3 Å². The van der Waals surface area contributed by atoms with Crippen molar-refractivity contribution in [1.82, 2.24) is 5.32 Å². The fourth-order valence-electron chi connectivity index (χ4n) is 3.30. The quantitative estimate of drug-likeness (QED) is 0.801. The number of carboxylic acid groups (broad SMARTS) is 1. The first-order valence-corrected chi connectivity index (χ1v) is 8.23. The second-order valence-corrected chi connectivity index (χ2v) is 6.91. The van der Waals surface area contributed by atoms with Crippen molar-refractivity contribution in [3.63, 3.8) is 0 Å². The predicted octanol–water partition coefficient (Wildman–Crippen LogP) is 3.25. The summed E-state index contributed by atoms with van der Waals surface area (Å²) in [6, 6.07) is 3.55. The van der Waals surface area contributed by atoms with Gasteiger partial charge in [0.1, 0.15) is 11.6 Å². The number of benzene rings is 1. The average molecular weight is 339 g/mol. The molecule has 1 aromatic carbocycles. The summed E-state index contributed by atoms with van der Waals surface area (Å²) in [5.41, 5.74) is -1.43. The average Bonchev–Trinajstić information content (AvgIpc) is 2.44. The number of nitrogens with one attached hydrogen (secondary N) is 1. The Morgan fingerprint density at radius 3 is 2.25 bits per heavy atom.